The molecule has 0 aliphatic rings. The molecule has 0 radical (unpaired) electrons. The second-order valence-electron chi connectivity index (χ2n) is 4.32. The molecule has 5 heteroatoms. The number of carbonyl (C=O) groups is 1. The van der Waals surface area contributed by atoms with Crippen molar-refractivity contribution in [1.29, 1.82) is 0 Å². The molecule has 2 aromatic rings. The van der Waals surface area contributed by atoms with Crippen LogP contribution >= 0.6 is 0 Å². The molecule has 5 nitrogen and oxygen atoms in total. The van der Waals surface area contributed by atoms with E-state index in [1.54, 1.807) is 29.7 Å². The normalized spacial score (nSPS) is 11.1. The molecule has 0 saturated carbocycles. The zero-order valence-electron chi connectivity index (χ0n) is 10.7. The average Bonchev–Trinajstić information content (AvgIpc) is 2.64. The zero-order chi connectivity index (χ0) is 13.3. The Labute approximate surface area is 104 Å². The molecule has 2 rings (SSSR count). The maximum Gasteiger partial charge on any atom is 0.340 e. The Kier molecular flexibility index (Phi) is 3.23. The van der Waals surface area contributed by atoms with Crippen LogP contribution in [0.2, 0.25) is 0 Å². The number of para-hydroxylation sites is 1. The Bertz CT molecular complexity index is 637. The van der Waals surface area contributed by atoms with Crippen LogP contribution in [0.5, 0.6) is 0 Å². The second-order valence-corrected chi connectivity index (χ2v) is 4.32. The van der Waals surface area contributed by atoms with Gasteiger partial charge in [0.25, 0.3) is 0 Å². The lowest BCUT2D eigenvalue weighted by molar-refractivity contribution is 0.0528. The third kappa shape index (κ3) is 1.92. The summed E-state index contributed by atoms with van der Waals surface area (Å²) in [7, 11) is 0. The summed E-state index contributed by atoms with van der Waals surface area (Å²) in [6.07, 6.45) is 0. The van der Waals surface area contributed by atoms with Gasteiger partial charge in [-0.05, 0) is 32.9 Å². The van der Waals surface area contributed by atoms with Gasteiger partial charge in [0, 0.05) is 6.04 Å². The lowest BCUT2D eigenvalue weighted by Crippen LogP contribution is -2.19. The van der Waals surface area contributed by atoms with Crippen LogP contribution in [-0.4, -0.2) is 22.1 Å². The van der Waals surface area contributed by atoms with Gasteiger partial charge in [0.05, 0.1) is 23.2 Å². The van der Waals surface area contributed by atoms with Crippen LogP contribution in [0.15, 0.2) is 23.0 Å². The third-order valence-electron chi connectivity index (χ3n) is 2.75. The molecule has 0 aliphatic heterocycles. The summed E-state index contributed by atoms with van der Waals surface area (Å²) in [5.41, 5.74) is 1.47. The maximum atomic E-state index is 11.9. The van der Waals surface area contributed by atoms with E-state index in [-0.39, 0.29) is 11.7 Å². The monoisotopic (exact) mass is 248 g/mol. The highest BCUT2D eigenvalue weighted by Gasteiger charge is 2.18. The summed E-state index contributed by atoms with van der Waals surface area (Å²) in [5, 5.41) is 0. The number of ether oxygens (including phenoxy) is 1. The molecule has 1 heterocycles. The van der Waals surface area contributed by atoms with E-state index in [9.17, 15) is 9.59 Å². The summed E-state index contributed by atoms with van der Waals surface area (Å²) in [4.78, 5) is 26.5. The van der Waals surface area contributed by atoms with Crippen molar-refractivity contribution >= 4 is 17.0 Å². The first-order chi connectivity index (χ1) is 8.56. The van der Waals surface area contributed by atoms with Crippen molar-refractivity contribution in [2.75, 3.05) is 6.61 Å². The molecule has 0 fully saturated rings. The molecule has 0 amide bonds. The van der Waals surface area contributed by atoms with Crippen molar-refractivity contribution in [1.82, 2.24) is 9.55 Å². The Hall–Kier alpha value is -2.04. The van der Waals surface area contributed by atoms with Gasteiger partial charge in [-0.3, -0.25) is 4.57 Å². The lowest BCUT2D eigenvalue weighted by Gasteiger charge is -2.10. The van der Waals surface area contributed by atoms with Gasteiger partial charge < -0.3 is 9.72 Å². The molecular weight excluding hydrogens is 232 g/mol. The van der Waals surface area contributed by atoms with Crippen LogP contribution in [0.3, 0.4) is 0 Å². The molecule has 0 aliphatic carbocycles. The zero-order valence-corrected chi connectivity index (χ0v) is 10.7. The SMILES string of the molecule is CCOC(=O)c1cccc2[nH]c(=O)n(C(C)C)c12. The highest BCUT2D eigenvalue weighted by molar-refractivity contribution is 6.02. The molecule has 0 spiro atoms. The Morgan fingerprint density at radius 2 is 2.17 bits per heavy atom. The van der Waals surface area contributed by atoms with Crippen molar-refractivity contribution in [2.24, 2.45) is 0 Å². The quantitative estimate of drug-likeness (QED) is 0.846. The van der Waals surface area contributed by atoms with Crippen LogP contribution in [0.1, 0.15) is 37.2 Å². The standard InChI is InChI=1S/C13H16N2O3/c1-4-18-12(16)9-6-5-7-10-11(9)15(8(2)3)13(17)14-10/h5-8H,4H2,1-3H3,(H,14,17). The fourth-order valence-corrected chi connectivity index (χ4v) is 2.05. The number of esters is 1. The number of aromatic amines is 1. The minimum absolute atomic E-state index is 0.0261. The van der Waals surface area contributed by atoms with E-state index in [0.717, 1.165) is 0 Å². The molecule has 0 unspecified atom stereocenters. The highest BCUT2D eigenvalue weighted by atomic mass is 16.5. The van der Waals surface area contributed by atoms with Crippen molar-refractivity contribution in [3.8, 4) is 0 Å². The molecule has 1 aromatic heterocycles. The molecule has 1 aromatic carbocycles. The van der Waals surface area contributed by atoms with E-state index in [0.29, 0.717) is 23.2 Å². The van der Waals surface area contributed by atoms with Gasteiger partial charge in [0.2, 0.25) is 0 Å². The first-order valence-electron chi connectivity index (χ1n) is 5.96. The number of aromatic nitrogens is 2. The number of fused-ring (bicyclic) bond motifs is 1. The van der Waals surface area contributed by atoms with Crippen molar-refractivity contribution in [3.63, 3.8) is 0 Å². The second kappa shape index (κ2) is 4.68. The Morgan fingerprint density at radius 1 is 1.44 bits per heavy atom. The number of hydrogen-bond acceptors (Lipinski definition) is 3. The number of rotatable bonds is 3. The molecular formula is C13H16N2O3. The van der Waals surface area contributed by atoms with E-state index in [1.807, 2.05) is 13.8 Å². The smallest absolute Gasteiger partial charge is 0.340 e. The van der Waals surface area contributed by atoms with Gasteiger partial charge in [0.1, 0.15) is 0 Å². The summed E-state index contributed by atoms with van der Waals surface area (Å²) >= 11 is 0. The number of hydrogen-bond donors (Lipinski definition) is 1. The summed E-state index contributed by atoms with van der Waals surface area (Å²) in [6.45, 7) is 5.86. The van der Waals surface area contributed by atoms with Crippen molar-refractivity contribution in [2.45, 2.75) is 26.8 Å². The van der Waals surface area contributed by atoms with Crippen LogP contribution < -0.4 is 5.69 Å². The summed E-state index contributed by atoms with van der Waals surface area (Å²) in [5.74, 6) is -0.406. The average molecular weight is 248 g/mol. The number of nitrogens with one attached hydrogen (secondary N) is 1. The van der Waals surface area contributed by atoms with E-state index in [4.69, 9.17) is 4.74 Å². The largest absolute Gasteiger partial charge is 0.462 e. The number of benzene rings is 1. The van der Waals surface area contributed by atoms with Gasteiger partial charge in [-0.15, -0.1) is 0 Å². The summed E-state index contributed by atoms with van der Waals surface area (Å²) < 4.78 is 6.58. The molecule has 96 valence electrons. The Morgan fingerprint density at radius 3 is 2.78 bits per heavy atom. The molecule has 0 atom stereocenters. The van der Waals surface area contributed by atoms with Crippen LogP contribution in [0.4, 0.5) is 0 Å². The minimum Gasteiger partial charge on any atom is -0.462 e. The molecule has 0 saturated heterocycles. The predicted octanol–water partition coefficient (Wildman–Crippen LogP) is 2.09. The summed E-state index contributed by atoms with van der Waals surface area (Å²) in [6, 6.07) is 5.15. The van der Waals surface area contributed by atoms with E-state index >= 15 is 0 Å². The van der Waals surface area contributed by atoms with Crippen LogP contribution in [-0.2, 0) is 4.74 Å². The van der Waals surface area contributed by atoms with Gasteiger partial charge in [-0.2, -0.15) is 0 Å². The van der Waals surface area contributed by atoms with Gasteiger partial charge >= 0.3 is 11.7 Å². The Balaban J connectivity index is 2.74. The minimum atomic E-state index is -0.406. The number of H-pyrrole nitrogens is 1. The van der Waals surface area contributed by atoms with E-state index < -0.39 is 5.97 Å². The van der Waals surface area contributed by atoms with Crippen molar-refractivity contribution < 1.29 is 9.53 Å². The topological polar surface area (TPSA) is 64.1 Å². The van der Waals surface area contributed by atoms with E-state index in [2.05, 4.69) is 4.98 Å². The number of carbonyl (C=O) groups excluding carboxylic acids is 1. The van der Waals surface area contributed by atoms with Gasteiger partial charge in [-0.25, -0.2) is 9.59 Å². The highest BCUT2D eigenvalue weighted by Crippen LogP contribution is 2.20. The van der Waals surface area contributed by atoms with Crippen molar-refractivity contribution in [3.05, 3.63) is 34.2 Å². The number of nitrogens with zero attached hydrogens (tertiary/aromatic N) is 1. The fourth-order valence-electron chi connectivity index (χ4n) is 2.05. The lowest BCUT2D eigenvalue weighted by atomic mass is 10.1. The first-order valence-corrected chi connectivity index (χ1v) is 5.96. The third-order valence-corrected chi connectivity index (χ3v) is 2.75. The molecule has 18 heavy (non-hydrogen) atoms. The predicted molar refractivity (Wildman–Crippen MR) is 68.9 cm³/mol. The van der Waals surface area contributed by atoms with Gasteiger partial charge in [-0.1, -0.05) is 6.07 Å². The fraction of sp³-hybridized carbons (Fsp3) is 0.385. The van der Waals surface area contributed by atoms with Crippen LogP contribution in [0, 0.1) is 0 Å². The molecule has 0 bridgehead atoms. The number of imidazole rings is 1. The van der Waals surface area contributed by atoms with Gasteiger partial charge in [0.15, 0.2) is 0 Å². The first kappa shape index (κ1) is 12.4. The molecule has 1 N–H and O–H groups in total. The maximum absolute atomic E-state index is 11.9. The van der Waals surface area contributed by atoms with E-state index in [1.165, 1.54) is 0 Å². The van der Waals surface area contributed by atoms with Crippen LogP contribution in [0.25, 0.3) is 11.0 Å².